The van der Waals surface area contributed by atoms with Crippen LogP contribution in [0.25, 0.3) is 6.08 Å². The van der Waals surface area contributed by atoms with Crippen LogP contribution >= 0.6 is 0 Å². The van der Waals surface area contributed by atoms with E-state index in [0.717, 1.165) is 25.0 Å². The minimum absolute atomic E-state index is 0.296. The van der Waals surface area contributed by atoms with Crippen molar-refractivity contribution in [2.45, 2.75) is 19.3 Å². The lowest BCUT2D eigenvalue weighted by atomic mass is 10.2. The van der Waals surface area contributed by atoms with Crippen LogP contribution in [0.1, 0.15) is 24.8 Å². The molecule has 1 aliphatic rings. The van der Waals surface area contributed by atoms with Crippen molar-refractivity contribution in [1.29, 1.82) is 0 Å². The van der Waals surface area contributed by atoms with Gasteiger partial charge in [0.1, 0.15) is 0 Å². The van der Waals surface area contributed by atoms with Gasteiger partial charge in [-0.2, -0.15) is 0 Å². The van der Waals surface area contributed by atoms with E-state index < -0.39 is 0 Å². The Balaban J connectivity index is 1.77. The fourth-order valence-corrected chi connectivity index (χ4v) is 1.90. The van der Waals surface area contributed by atoms with Crippen molar-refractivity contribution in [1.82, 2.24) is 5.32 Å². The molecule has 0 bridgehead atoms. The van der Waals surface area contributed by atoms with E-state index in [-0.39, 0.29) is 0 Å². The van der Waals surface area contributed by atoms with Gasteiger partial charge in [0.05, 0.1) is 0 Å². The largest absolute Gasteiger partial charge is 0.387 e. The highest BCUT2D eigenvalue weighted by atomic mass is 16.1. The number of hydrogen-bond donors (Lipinski definition) is 1. The molecule has 1 fully saturated rings. The molecule has 0 saturated heterocycles. The van der Waals surface area contributed by atoms with E-state index in [9.17, 15) is 4.79 Å². The molecule has 1 N–H and O–H groups in total. The van der Waals surface area contributed by atoms with E-state index in [4.69, 9.17) is 0 Å². The number of benzene rings is 1. The molecule has 0 heterocycles. The molecule has 0 amide bonds. The summed E-state index contributed by atoms with van der Waals surface area (Å²) in [6, 6.07) is 10.2. The van der Waals surface area contributed by atoms with E-state index >= 15 is 0 Å². The standard InChI is InChI=1S/C15H17NO/c17-15-10-4-9-14(15)12-16-11-5-8-13-6-2-1-3-7-13/h1-3,5-8,12,16H,4,9-11H2/b8-5+,14-12-. The Kier molecular flexibility index (Phi) is 4.14. The maximum Gasteiger partial charge on any atom is 0.160 e. The third-order valence-corrected chi connectivity index (χ3v) is 2.83. The Hall–Kier alpha value is -1.83. The van der Waals surface area contributed by atoms with Crippen molar-refractivity contribution in [3.05, 3.63) is 53.7 Å². The van der Waals surface area contributed by atoms with Gasteiger partial charge in [-0.15, -0.1) is 0 Å². The van der Waals surface area contributed by atoms with Gasteiger partial charge in [-0.05, 0) is 18.4 Å². The predicted octanol–water partition coefficient (Wildman–Crippen LogP) is 2.93. The molecule has 0 unspecified atom stereocenters. The molecule has 17 heavy (non-hydrogen) atoms. The normalized spacial score (nSPS) is 18.1. The van der Waals surface area contributed by atoms with Crippen LogP contribution in [-0.4, -0.2) is 12.3 Å². The Bertz CT molecular complexity index is 431. The molecule has 1 aromatic rings. The highest BCUT2D eigenvalue weighted by Crippen LogP contribution is 2.18. The molecule has 1 aromatic carbocycles. The lowest BCUT2D eigenvalue weighted by Gasteiger charge is -1.97. The van der Waals surface area contributed by atoms with Crippen LogP contribution in [-0.2, 0) is 4.79 Å². The molecule has 0 aliphatic heterocycles. The average Bonchev–Trinajstić information content (AvgIpc) is 2.76. The monoisotopic (exact) mass is 227 g/mol. The van der Waals surface area contributed by atoms with Gasteiger partial charge in [-0.3, -0.25) is 4.79 Å². The zero-order valence-electron chi connectivity index (χ0n) is 9.86. The summed E-state index contributed by atoms with van der Waals surface area (Å²) in [5.41, 5.74) is 2.14. The highest BCUT2D eigenvalue weighted by Gasteiger charge is 2.15. The Morgan fingerprint density at radius 3 is 2.71 bits per heavy atom. The van der Waals surface area contributed by atoms with Crippen LogP contribution in [0.4, 0.5) is 0 Å². The molecule has 88 valence electrons. The summed E-state index contributed by atoms with van der Waals surface area (Å²) in [6.07, 6.45) is 8.65. The van der Waals surface area contributed by atoms with Crippen LogP contribution in [0.2, 0.25) is 0 Å². The number of ketones is 1. The van der Waals surface area contributed by atoms with Gasteiger partial charge in [-0.25, -0.2) is 0 Å². The van der Waals surface area contributed by atoms with Gasteiger partial charge in [0.2, 0.25) is 0 Å². The molecule has 0 radical (unpaired) electrons. The number of Topliss-reactive ketones (excluding diaryl/α,β-unsaturated/α-hetero) is 1. The van der Waals surface area contributed by atoms with Gasteiger partial charge in [0, 0.05) is 24.7 Å². The van der Waals surface area contributed by atoms with Crippen molar-refractivity contribution in [3.8, 4) is 0 Å². The zero-order valence-corrected chi connectivity index (χ0v) is 9.86. The Morgan fingerprint density at radius 2 is 2.00 bits per heavy atom. The highest BCUT2D eigenvalue weighted by molar-refractivity contribution is 5.97. The summed E-state index contributed by atoms with van der Waals surface area (Å²) >= 11 is 0. The van der Waals surface area contributed by atoms with E-state index in [0.29, 0.717) is 12.2 Å². The summed E-state index contributed by atoms with van der Waals surface area (Å²) in [6.45, 7) is 0.756. The molecule has 0 aromatic heterocycles. The molecule has 2 nitrogen and oxygen atoms in total. The Morgan fingerprint density at radius 1 is 1.18 bits per heavy atom. The molecule has 1 aliphatic carbocycles. The third-order valence-electron chi connectivity index (χ3n) is 2.83. The molecule has 1 saturated carbocycles. The topological polar surface area (TPSA) is 29.1 Å². The number of carbonyl (C=O) groups is 1. The smallest absolute Gasteiger partial charge is 0.160 e. The minimum Gasteiger partial charge on any atom is -0.387 e. The second-order valence-corrected chi connectivity index (χ2v) is 4.17. The van der Waals surface area contributed by atoms with Crippen molar-refractivity contribution >= 4 is 11.9 Å². The van der Waals surface area contributed by atoms with E-state index in [1.54, 1.807) is 0 Å². The summed E-state index contributed by atoms with van der Waals surface area (Å²) in [5.74, 6) is 0.296. The molecule has 2 rings (SSSR count). The average molecular weight is 227 g/mol. The third kappa shape index (κ3) is 3.59. The van der Waals surface area contributed by atoms with Crippen LogP contribution < -0.4 is 5.32 Å². The number of carbonyl (C=O) groups excluding carboxylic acids is 1. The molecule has 0 atom stereocenters. The molecular formula is C15H17NO. The zero-order chi connectivity index (χ0) is 11.9. The lowest BCUT2D eigenvalue weighted by molar-refractivity contribution is -0.114. The van der Waals surface area contributed by atoms with Crippen LogP contribution in [0, 0.1) is 0 Å². The second kappa shape index (κ2) is 6.04. The van der Waals surface area contributed by atoms with Crippen LogP contribution in [0.15, 0.2) is 48.2 Å². The maximum absolute atomic E-state index is 11.3. The fraction of sp³-hybridized carbons (Fsp3) is 0.267. The van der Waals surface area contributed by atoms with Gasteiger partial charge < -0.3 is 5.32 Å². The number of allylic oxidation sites excluding steroid dienone is 1. The number of hydrogen-bond acceptors (Lipinski definition) is 2. The van der Waals surface area contributed by atoms with Gasteiger partial charge >= 0.3 is 0 Å². The van der Waals surface area contributed by atoms with Crippen LogP contribution in [0.3, 0.4) is 0 Å². The van der Waals surface area contributed by atoms with E-state index in [1.165, 1.54) is 5.56 Å². The SMILES string of the molecule is O=C1CCC/C1=C/NC/C=C/c1ccccc1. The van der Waals surface area contributed by atoms with Crippen molar-refractivity contribution in [2.75, 3.05) is 6.54 Å². The van der Waals surface area contributed by atoms with E-state index in [1.807, 2.05) is 24.4 Å². The summed E-state index contributed by atoms with van der Waals surface area (Å²) in [4.78, 5) is 11.3. The van der Waals surface area contributed by atoms with Crippen molar-refractivity contribution in [2.24, 2.45) is 0 Å². The van der Waals surface area contributed by atoms with Crippen molar-refractivity contribution < 1.29 is 4.79 Å². The Labute approximate surface area is 102 Å². The predicted molar refractivity (Wildman–Crippen MR) is 70.4 cm³/mol. The number of nitrogens with one attached hydrogen (secondary N) is 1. The molecule has 2 heteroatoms. The van der Waals surface area contributed by atoms with Gasteiger partial charge in [0.25, 0.3) is 0 Å². The fourth-order valence-electron chi connectivity index (χ4n) is 1.90. The lowest BCUT2D eigenvalue weighted by Crippen LogP contribution is -2.07. The first-order chi connectivity index (χ1) is 8.36. The summed E-state index contributed by atoms with van der Waals surface area (Å²) in [7, 11) is 0. The molecule has 0 spiro atoms. The second-order valence-electron chi connectivity index (χ2n) is 4.17. The first-order valence-corrected chi connectivity index (χ1v) is 6.03. The summed E-state index contributed by atoms with van der Waals surface area (Å²) < 4.78 is 0. The summed E-state index contributed by atoms with van der Waals surface area (Å²) in [5, 5.41) is 3.16. The first-order valence-electron chi connectivity index (χ1n) is 6.03. The molecular weight excluding hydrogens is 210 g/mol. The maximum atomic E-state index is 11.3. The van der Waals surface area contributed by atoms with Gasteiger partial charge in [0.15, 0.2) is 5.78 Å². The van der Waals surface area contributed by atoms with Crippen LogP contribution in [0.5, 0.6) is 0 Å². The van der Waals surface area contributed by atoms with E-state index in [2.05, 4.69) is 29.6 Å². The quantitative estimate of drug-likeness (QED) is 0.633. The van der Waals surface area contributed by atoms with Crippen molar-refractivity contribution in [3.63, 3.8) is 0 Å². The van der Waals surface area contributed by atoms with Gasteiger partial charge in [-0.1, -0.05) is 42.5 Å². The minimum atomic E-state index is 0.296. The first kappa shape index (κ1) is 11.6. The number of rotatable bonds is 4.